The Morgan fingerprint density at radius 2 is 1.89 bits per heavy atom. The molecule has 0 fully saturated rings. The number of nitrogens with zero attached hydrogens (tertiary/aromatic N) is 1. The molecule has 0 saturated heterocycles. The number of amidine groups is 1. The van der Waals surface area contributed by atoms with Crippen LogP contribution in [-0.4, -0.2) is 33.4 Å². The Labute approximate surface area is 162 Å². The Bertz CT molecular complexity index is 1050. The zero-order chi connectivity index (χ0) is 19.6. The second-order valence-electron chi connectivity index (χ2n) is 6.39. The third-order valence-electron chi connectivity index (χ3n) is 4.32. The van der Waals surface area contributed by atoms with Crippen molar-refractivity contribution in [2.75, 3.05) is 23.8 Å². The molecule has 0 atom stereocenters. The van der Waals surface area contributed by atoms with E-state index in [-0.39, 0.29) is 17.2 Å². The van der Waals surface area contributed by atoms with Crippen molar-refractivity contribution in [3.8, 4) is 11.5 Å². The monoisotopic (exact) mass is 401 g/mol. The number of nitrogens with one attached hydrogen (secondary N) is 2. The van der Waals surface area contributed by atoms with Gasteiger partial charge in [-0.25, -0.2) is 0 Å². The van der Waals surface area contributed by atoms with Gasteiger partial charge in [-0.15, -0.1) is 4.40 Å². The van der Waals surface area contributed by atoms with Crippen LogP contribution in [-0.2, 0) is 14.8 Å². The fourth-order valence-corrected chi connectivity index (χ4v) is 4.21. The number of rotatable bonds is 5. The van der Waals surface area contributed by atoms with Crippen LogP contribution in [0.1, 0.15) is 19.3 Å². The van der Waals surface area contributed by atoms with Gasteiger partial charge in [0, 0.05) is 24.6 Å². The zero-order valence-electron chi connectivity index (χ0n) is 15.0. The number of hydrogen-bond donors (Lipinski definition) is 2. The Morgan fingerprint density at radius 3 is 2.75 bits per heavy atom. The van der Waals surface area contributed by atoms with Crippen molar-refractivity contribution < 1.29 is 22.7 Å². The largest absolute Gasteiger partial charge is 0.486 e. The standard InChI is InChI=1S/C19H19N3O5S/c23-19(20-13-8-9-15-16(12-13)27-11-10-26-15)7-3-6-18-21-14-4-1-2-5-17(14)28(24,25)22-18/h1-2,4-5,8-9,12H,3,6-7,10-11H2,(H,20,23)(H,21,22). The van der Waals surface area contributed by atoms with E-state index in [1.165, 1.54) is 6.07 Å². The summed E-state index contributed by atoms with van der Waals surface area (Å²) in [6, 6.07) is 11.8. The van der Waals surface area contributed by atoms with E-state index in [9.17, 15) is 13.2 Å². The van der Waals surface area contributed by atoms with E-state index in [2.05, 4.69) is 15.0 Å². The topological polar surface area (TPSA) is 106 Å². The van der Waals surface area contributed by atoms with E-state index >= 15 is 0 Å². The molecular weight excluding hydrogens is 382 g/mol. The SMILES string of the molecule is O=C(CCCC1=NS(=O)(=O)c2ccccc2N1)Nc1ccc2c(c1)OCCO2. The average Bonchev–Trinajstić information content (AvgIpc) is 2.67. The van der Waals surface area contributed by atoms with Gasteiger partial charge in [-0.1, -0.05) is 12.1 Å². The molecule has 2 aromatic rings. The van der Waals surface area contributed by atoms with Gasteiger partial charge in [0.25, 0.3) is 10.0 Å². The molecule has 1 amide bonds. The predicted molar refractivity (Wildman–Crippen MR) is 105 cm³/mol. The Kier molecular flexibility index (Phi) is 4.91. The minimum absolute atomic E-state index is 0.162. The second kappa shape index (κ2) is 7.51. The fourth-order valence-electron chi connectivity index (χ4n) is 3.04. The second-order valence-corrected chi connectivity index (χ2v) is 7.97. The van der Waals surface area contributed by atoms with Crippen molar-refractivity contribution in [2.45, 2.75) is 24.2 Å². The first-order valence-corrected chi connectivity index (χ1v) is 10.3. The smallest absolute Gasteiger partial charge is 0.286 e. The molecule has 146 valence electrons. The molecule has 2 aliphatic heterocycles. The molecule has 2 N–H and O–H groups in total. The maximum Gasteiger partial charge on any atom is 0.286 e. The number of amides is 1. The number of sulfonamides is 1. The number of carbonyl (C=O) groups excluding carboxylic acids is 1. The highest BCUT2D eigenvalue weighted by Gasteiger charge is 2.24. The van der Waals surface area contributed by atoms with Gasteiger partial charge in [0.05, 0.1) is 5.69 Å². The lowest BCUT2D eigenvalue weighted by molar-refractivity contribution is -0.116. The summed E-state index contributed by atoms with van der Waals surface area (Å²) in [7, 11) is -3.70. The van der Waals surface area contributed by atoms with Crippen molar-refractivity contribution >= 4 is 33.1 Å². The van der Waals surface area contributed by atoms with Gasteiger partial charge >= 0.3 is 0 Å². The third-order valence-corrected chi connectivity index (χ3v) is 5.69. The minimum Gasteiger partial charge on any atom is -0.486 e. The van der Waals surface area contributed by atoms with E-state index in [1.807, 2.05) is 0 Å². The van der Waals surface area contributed by atoms with Crippen molar-refractivity contribution in [1.82, 2.24) is 0 Å². The Morgan fingerprint density at radius 1 is 1.11 bits per heavy atom. The fraction of sp³-hybridized carbons (Fsp3) is 0.263. The summed E-state index contributed by atoms with van der Waals surface area (Å²) >= 11 is 0. The van der Waals surface area contributed by atoms with Gasteiger partial charge in [-0.05, 0) is 30.7 Å². The van der Waals surface area contributed by atoms with Crippen molar-refractivity contribution in [3.63, 3.8) is 0 Å². The highest BCUT2D eigenvalue weighted by atomic mass is 32.2. The number of fused-ring (bicyclic) bond motifs is 2. The van der Waals surface area contributed by atoms with Gasteiger partial charge in [-0.2, -0.15) is 8.42 Å². The number of benzene rings is 2. The van der Waals surface area contributed by atoms with Crippen molar-refractivity contribution in [1.29, 1.82) is 0 Å². The van der Waals surface area contributed by atoms with Gasteiger partial charge in [0.1, 0.15) is 23.9 Å². The van der Waals surface area contributed by atoms with Gasteiger partial charge in [0.2, 0.25) is 5.91 Å². The Hall–Kier alpha value is -3.07. The summed E-state index contributed by atoms with van der Waals surface area (Å²) in [6.45, 7) is 0.988. The molecule has 0 spiro atoms. The predicted octanol–water partition coefficient (Wildman–Crippen LogP) is 2.78. The summed E-state index contributed by atoms with van der Waals surface area (Å²) in [4.78, 5) is 12.3. The molecule has 2 heterocycles. The quantitative estimate of drug-likeness (QED) is 0.798. The van der Waals surface area contributed by atoms with Crippen LogP contribution in [0.5, 0.6) is 11.5 Å². The number of ether oxygens (including phenoxy) is 2. The molecule has 0 unspecified atom stereocenters. The van der Waals surface area contributed by atoms with Crippen molar-refractivity contribution in [3.05, 3.63) is 42.5 Å². The van der Waals surface area contributed by atoms with Crippen LogP contribution in [0.2, 0.25) is 0 Å². The van der Waals surface area contributed by atoms with Crippen LogP contribution in [0.15, 0.2) is 51.8 Å². The number of hydrogen-bond acceptors (Lipinski definition) is 6. The summed E-state index contributed by atoms with van der Waals surface area (Å²) in [5.74, 6) is 1.43. The van der Waals surface area contributed by atoms with Crippen LogP contribution in [0.25, 0.3) is 0 Å². The molecule has 0 bridgehead atoms. The molecule has 8 nitrogen and oxygen atoms in total. The molecule has 0 aliphatic carbocycles. The normalized spacial score (nSPS) is 16.4. The van der Waals surface area contributed by atoms with Gasteiger partial charge < -0.3 is 20.1 Å². The van der Waals surface area contributed by atoms with Crippen molar-refractivity contribution in [2.24, 2.45) is 4.40 Å². The highest BCUT2D eigenvalue weighted by Crippen LogP contribution is 2.32. The minimum atomic E-state index is -3.70. The van der Waals surface area contributed by atoms with Gasteiger partial charge in [-0.3, -0.25) is 4.79 Å². The first-order valence-electron chi connectivity index (χ1n) is 8.91. The molecule has 9 heteroatoms. The number of carbonyl (C=O) groups is 1. The third kappa shape index (κ3) is 3.94. The maximum atomic E-state index is 12.2. The van der Waals surface area contributed by atoms with Crippen LogP contribution < -0.4 is 20.1 Å². The average molecular weight is 401 g/mol. The maximum absolute atomic E-state index is 12.2. The van der Waals surface area contributed by atoms with Crippen LogP contribution in [0.3, 0.4) is 0 Å². The molecule has 0 aromatic heterocycles. The first kappa shape index (κ1) is 18.3. The molecule has 4 rings (SSSR count). The highest BCUT2D eigenvalue weighted by molar-refractivity contribution is 7.90. The molecular formula is C19H19N3O5S. The molecule has 0 saturated carbocycles. The van der Waals surface area contributed by atoms with E-state index in [1.54, 1.807) is 36.4 Å². The lowest BCUT2D eigenvalue weighted by Gasteiger charge is -2.19. The summed E-state index contributed by atoms with van der Waals surface area (Å²) in [5, 5.41) is 5.83. The molecule has 28 heavy (non-hydrogen) atoms. The first-order chi connectivity index (χ1) is 13.5. The summed E-state index contributed by atoms with van der Waals surface area (Å²) < 4.78 is 39.2. The molecule has 2 aromatic carbocycles. The lowest BCUT2D eigenvalue weighted by Crippen LogP contribution is -2.22. The van der Waals surface area contributed by atoms with E-state index in [0.717, 1.165) is 0 Å². The molecule has 0 radical (unpaired) electrons. The number of para-hydroxylation sites is 1. The van der Waals surface area contributed by atoms with E-state index in [0.29, 0.717) is 54.8 Å². The van der Waals surface area contributed by atoms with Crippen LogP contribution in [0.4, 0.5) is 11.4 Å². The van der Waals surface area contributed by atoms with E-state index in [4.69, 9.17) is 9.47 Å². The molecule has 2 aliphatic rings. The van der Waals surface area contributed by atoms with Crippen LogP contribution in [0, 0.1) is 0 Å². The Balaban J connectivity index is 1.32. The summed E-state index contributed by atoms with van der Waals surface area (Å²) in [5.41, 5.74) is 1.13. The zero-order valence-corrected chi connectivity index (χ0v) is 15.8. The van der Waals surface area contributed by atoms with Crippen LogP contribution >= 0.6 is 0 Å². The van der Waals surface area contributed by atoms with E-state index < -0.39 is 10.0 Å². The summed E-state index contributed by atoms with van der Waals surface area (Å²) in [6.07, 6.45) is 1.04. The van der Waals surface area contributed by atoms with Gasteiger partial charge in [0.15, 0.2) is 11.5 Å². The number of anilines is 2. The lowest BCUT2D eigenvalue weighted by atomic mass is 10.2.